The van der Waals surface area contributed by atoms with Crippen molar-refractivity contribution in [2.24, 2.45) is 0 Å². The van der Waals surface area contributed by atoms with E-state index in [2.05, 4.69) is 17.2 Å². The van der Waals surface area contributed by atoms with Gasteiger partial charge in [0.15, 0.2) is 0 Å². The molecule has 0 atom stereocenters. The van der Waals surface area contributed by atoms with E-state index in [4.69, 9.17) is 0 Å². The molecule has 1 saturated carbocycles. The Kier molecular flexibility index (Phi) is 4.08. The van der Waals surface area contributed by atoms with Gasteiger partial charge in [0.2, 0.25) is 0 Å². The minimum Gasteiger partial charge on any atom is -0.303 e. The lowest BCUT2D eigenvalue weighted by atomic mass is 9.96. The second-order valence-corrected chi connectivity index (χ2v) is 3.14. The maximum absolute atomic E-state index is 3.45. The number of hydrogen-bond donors (Lipinski definition) is 1. The number of hydrogen-bond acceptors (Lipinski definition) is 1. The van der Waals surface area contributed by atoms with Crippen molar-refractivity contribution in [3.63, 3.8) is 0 Å². The van der Waals surface area contributed by atoms with E-state index < -0.39 is 0 Å². The Morgan fingerprint density at radius 2 is 2.00 bits per heavy atom. The van der Waals surface area contributed by atoms with Crippen molar-refractivity contribution in [3.05, 3.63) is 0 Å². The Labute approximate surface area is 69.6 Å². The van der Waals surface area contributed by atoms with Crippen molar-refractivity contribution in [3.8, 4) is 11.8 Å². The van der Waals surface area contributed by atoms with Crippen LogP contribution in [-0.4, -0.2) is 12.6 Å². The van der Waals surface area contributed by atoms with Crippen LogP contribution < -0.4 is 5.32 Å². The summed E-state index contributed by atoms with van der Waals surface area (Å²) in [6.07, 6.45) is 6.93. The van der Waals surface area contributed by atoms with Crippen LogP contribution in [0.5, 0.6) is 0 Å². The summed E-state index contributed by atoms with van der Waals surface area (Å²) in [5.41, 5.74) is 0. The summed E-state index contributed by atoms with van der Waals surface area (Å²) in [6, 6.07) is 0.754. The van der Waals surface area contributed by atoms with Crippen LogP contribution in [0.3, 0.4) is 0 Å². The first-order valence-electron chi connectivity index (χ1n) is 4.56. The summed E-state index contributed by atoms with van der Waals surface area (Å²) in [7, 11) is 0. The van der Waals surface area contributed by atoms with Gasteiger partial charge >= 0.3 is 0 Å². The minimum atomic E-state index is 0.754. The molecule has 62 valence electrons. The van der Waals surface area contributed by atoms with E-state index in [9.17, 15) is 0 Å². The first-order valence-corrected chi connectivity index (χ1v) is 4.56. The van der Waals surface area contributed by atoms with Gasteiger partial charge in [-0.15, -0.1) is 5.92 Å². The number of rotatable bonds is 2. The van der Waals surface area contributed by atoms with E-state index in [1.165, 1.54) is 32.1 Å². The normalized spacial score (nSPS) is 19.0. The summed E-state index contributed by atoms with van der Waals surface area (Å²) in [4.78, 5) is 0. The lowest BCUT2D eigenvalue weighted by Crippen LogP contribution is -2.31. The first kappa shape index (κ1) is 8.62. The van der Waals surface area contributed by atoms with Gasteiger partial charge in [0.05, 0.1) is 6.54 Å². The van der Waals surface area contributed by atoms with Crippen molar-refractivity contribution in [1.82, 2.24) is 5.32 Å². The molecule has 0 aliphatic heterocycles. The van der Waals surface area contributed by atoms with Crippen LogP contribution in [0.4, 0.5) is 0 Å². The van der Waals surface area contributed by atoms with Crippen LogP contribution in [0.25, 0.3) is 0 Å². The van der Waals surface area contributed by atoms with Crippen molar-refractivity contribution >= 4 is 0 Å². The molecule has 1 rings (SSSR count). The third-order valence-electron chi connectivity index (χ3n) is 2.26. The highest BCUT2D eigenvalue weighted by Crippen LogP contribution is 2.16. The first-order chi connectivity index (χ1) is 5.43. The largest absolute Gasteiger partial charge is 0.303 e. The molecular formula is C10H17N. The zero-order valence-corrected chi connectivity index (χ0v) is 7.32. The average molecular weight is 151 g/mol. The standard InChI is InChI=1S/C10H17N/c1-2-3-9-11-10-7-5-4-6-8-10/h10-11H,4-9H2,1H3. The molecule has 0 aromatic heterocycles. The SMILES string of the molecule is CC#CCNC1CCCCC1. The summed E-state index contributed by atoms with van der Waals surface area (Å²) in [6.45, 7) is 2.77. The Morgan fingerprint density at radius 3 is 2.64 bits per heavy atom. The van der Waals surface area contributed by atoms with Crippen molar-refractivity contribution in [2.75, 3.05) is 6.54 Å². The predicted octanol–water partition coefficient (Wildman–Crippen LogP) is 1.93. The fourth-order valence-electron chi connectivity index (χ4n) is 1.59. The molecule has 11 heavy (non-hydrogen) atoms. The van der Waals surface area contributed by atoms with Gasteiger partial charge in [-0.2, -0.15) is 0 Å². The summed E-state index contributed by atoms with van der Waals surface area (Å²) < 4.78 is 0. The molecule has 0 amide bonds. The molecule has 1 aliphatic carbocycles. The van der Waals surface area contributed by atoms with Gasteiger partial charge in [0.25, 0.3) is 0 Å². The lowest BCUT2D eigenvalue weighted by molar-refractivity contribution is 0.386. The van der Waals surface area contributed by atoms with Crippen LogP contribution in [-0.2, 0) is 0 Å². The molecule has 0 aromatic rings. The van der Waals surface area contributed by atoms with Crippen molar-refractivity contribution in [1.29, 1.82) is 0 Å². The van der Waals surface area contributed by atoms with Gasteiger partial charge in [-0.05, 0) is 19.8 Å². The molecular weight excluding hydrogens is 134 g/mol. The highest BCUT2D eigenvalue weighted by Gasteiger charge is 2.10. The van der Waals surface area contributed by atoms with E-state index in [0.29, 0.717) is 0 Å². The molecule has 0 unspecified atom stereocenters. The van der Waals surface area contributed by atoms with Crippen LogP contribution in [0.15, 0.2) is 0 Å². The highest BCUT2D eigenvalue weighted by molar-refractivity contribution is 4.97. The molecule has 1 fully saturated rings. The predicted molar refractivity (Wildman–Crippen MR) is 48.3 cm³/mol. The minimum absolute atomic E-state index is 0.754. The van der Waals surface area contributed by atoms with E-state index in [1.54, 1.807) is 0 Å². The Hall–Kier alpha value is -0.480. The monoisotopic (exact) mass is 151 g/mol. The number of nitrogens with one attached hydrogen (secondary N) is 1. The van der Waals surface area contributed by atoms with E-state index in [0.717, 1.165) is 12.6 Å². The topological polar surface area (TPSA) is 12.0 Å². The lowest BCUT2D eigenvalue weighted by Gasteiger charge is -2.21. The van der Waals surface area contributed by atoms with Crippen LogP contribution in [0.2, 0.25) is 0 Å². The van der Waals surface area contributed by atoms with Crippen molar-refractivity contribution < 1.29 is 0 Å². The molecule has 0 aromatic carbocycles. The highest BCUT2D eigenvalue weighted by atomic mass is 14.9. The van der Waals surface area contributed by atoms with Gasteiger partial charge in [-0.25, -0.2) is 0 Å². The van der Waals surface area contributed by atoms with Crippen LogP contribution in [0, 0.1) is 11.8 Å². The smallest absolute Gasteiger partial charge is 0.0578 e. The third kappa shape index (κ3) is 3.43. The molecule has 0 saturated heterocycles. The molecule has 1 heteroatoms. The summed E-state index contributed by atoms with van der Waals surface area (Å²) >= 11 is 0. The van der Waals surface area contributed by atoms with Gasteiger partial charge < -0.3 is 5.32 Å². The molecule has 0 spiro atoms. The van der Waals surface area contributed by atoms with Gasteiger partial charge in [-0.1, -0.05) is 25.2 Å². The van der Waals surface area contributed by atoms with Crippen molar-refractivity contribution in [2.45, 2.75) is 45.1 Å². The molecule has 0 heterocycles. The second kappa shape index (κ2) is 5.21. The summed E-state index contributed by atoms with van der Waals surface area (Å²) in [5, 5.41) is 3.45. The second-order valence-electron chi connectivity index (χ2n) is 3.14. The van der Waals surface area contributed by atoms with E-state index in [-0.39, 0.29) is 0 Å². The van der Waals surface area contributed by atoms with Gasteiger partial charge in [-0.3, -0.25) is 0 Å². The Morgan fingerprint density at radius 1 is 1.27 bits per heavy atom. The zero-order valence-electron chi connectivity index (χ0n) is 7.32. The van der Waals surface area contributed by atoms with E-state index >= 15 is 0 Å². The summed E-state index contributed by atoms with van der Waals surface area (Å²) in [5.74, 6) is 5.93. The third-order valence-corrected chi connectivity index (χ3v) is 2.26. The fourth-order valence-corrected chi connectivity index (χ4v) is 1.59. The van der Waals surface area contributed by atoms with Crippen LogP contribution >= 0.6 is 0 Å². The van der Waals surface area contributed by atoms with Gasteiger partial charge in [0, 0.05) is 6.04 Å². The fraction of sp³-hybridized carbons (Fsp3) is 0.800. The molecule has 1 aliphatic rings. The maximum atomic E-state index is 3.45. The molecule has 0 bridgehead atoms. The zero-order chi connectivity index (χ0) is 7.94. The van der Waals surface area contributed by atoms with Gasteiger partial charge in [0.1, 0.15) is 0 Å². The molecule has 1 nitrogen and oxygen atoms in total. The Bertz CT molecular complexity index is 146. The quantitative estimate of drug-likeness (QED) is 0.595. The average Bonchev–Trinajstić information content (AvgIpc) is 2.07. The Balaban J connectivity index is 2.08. The molecule has 1 N–H and O–H groups in total. The maximum Gasteiger partial charge on any atom is 0.0578 e. The molecule has 0 radical (unpaired) electrons. The van der Waals surface area contributed by atoms with E-state index in [1.807, 2.05) is 6.92 Å². The van der Waals surface area contributed by atoms with Crippen LogP contribution in [0.1, 0.15) is 39.0 Å².